The van der Waals surface area contributed by atoms with Gasteiger partial charge < -0.3 is 9.84 Å². The number of carbonyl (C=O) groups excluding carboxylic acids is 1. The molecule has 0 amide bonds. The van der Waals surface area contributed by atoms with Crippen LogP contribution in [0.5, 0.6) is 11.5 Å². The molecule has 20 heavy (non-hydrogen) atoms. The standard InChI is InChI=1S/C17H18O3/c1-11(2)13-9-8-12(3)16(10-13)20-17(19)14-6-4-5-7-15(14)18/h4-11,18H,1-3H3. The molecule has 3 heteroatoms. The van der Waals surface area contributed by atoms with E-state index >= 15 is 0 Å². The number of benzene rings is 2. The van der Waals surface area contributed by atoms with E-state index in [2.05, 4.69) is 13.8 Å². The maximum Gasteiger partial charge on any atom is 0.347 e. The zero-order valence-electron chi connectivity index (χ0n) is 11.9. The fraction of sp³-hybridized carbons (Fsp3) is 0.235. The first kappa shape index (κ1) is 14.1. The van der Waals surface area contributed by atoms with Gasteiger partial charge in [0.1, 0.15) is 17.1 Å². The summed E-state index contributed by atoms with van der Waals surface area (Å²) >= 11 is 0. The number of phenols is 1. The lowest BCUT2D eigenvalue weighted by Gasteiger charge is -2.12. The van der Waals surface area contributed by atoms with Crippen LogP contribution in [-0.4, -0.2) is 11.1 Å². The maximum absolute atomic E-state index is 12.1. The van der Waals surface area contributed by atoms with Crippen molar-refractivity contribution in [1.29, 1.82) is 0 Å². The van der Waals surface area contributed by atoms with Gasteiger partial charge in [-0.25, -0.2) is 4.79 Å². The molecule has 1 N–H and O–H groups in total. The van der Waals surface area contributed by atoms with Gasteiger partial charge in [0.2, 0.25) is 0 Å². The van der Waals surface area contributed by atoms with Crippen LogP contribution in [0.2, 0.25) is 0 Å². The quantitative estimate of drug-likeness (QED) is 0.676. The number of ether oxygens (including phenoxy) is 1. The normalized spacial score (nSPS) is 10.6. The molecular formula is C17H18O3. The molecule has 2 rings (SSSR count). The van der Waals surface area contributed by atoms with Crippen molar-refractivity contribution < 1.29 is 14.6 Å². The Hall–Kier alpha value is -2.29. The number of esters is 1. The molecule has 2 aromatic rings. The van der Waals surface area contributed by atoms with Crippen LogP contribution < -0.4 is 4.74 Å². The molecule has 0 saturated carbocycles. The Balaban J connectivity index is 2.28. The Morgan fingerprint density at radius 1 is 1.15 bits per heavy atom. The van der Waals surface area contributed by atoms with E-state index in [0.717, 1.165) is 11.1 Å². The van der Waals surface area contributed by atoms with Gasteiger partial charge in [-0.15, -0.1) is 0 Å². The van der Waals surface area contributed by atoms with E-state index in [1.807, 2.05) is 25.1 Å². The van der Waals surface area contributed by atoms with E-state index in [1.54, 1.807) is 18.2 Å². The Morgan fingerprint density at radius 3 is 2.50 bits per heavy atom. The van der Waals surface area contributed by atoms with Gasteiger partial charge in [0.15, 0.2) is 0 Å². The Kier molecular flexibility index (Phi) is 4.08. The largest absolute Gasteiger partial charge is 0.507 e. The fourth-order valence-electron chi connectivity index (χ4n) is 1.89. The van der Waals surface area contributed by atoms with Crippen LogP contribution in [0.1, 0.15) is 41.3 Å². The van der Waals surface area contributed by atoms with Crippen LogP contribution in [-0.2, 0) is 0 Å². The Labute approximate surface area is 118 Å². The lowest BCUT2D eigenvalue weighted by atomic mass is 10.0. The second kappa shape index (κ2) is 5.78. The fourth-order valence-corrected chi connectivity index (χ4v) is 1.89. The van der Waals surface area contributed by atoms with Gasteiger partial charge in [-0.2, -0.15) is 0 Å². The van der Waals surface area contributed by atoms with E-state index in [-0.39, 0.29) is 11.3 Å². The highest BCUT2D eigenvalue weighted by molar-refractivity contribution is 5.93. The van der Waals surface area contributed by atoms with E-state index < -0.39 is 5.97 Å². The van der Waals surface area contributed by atoms with Gasteiger partial charge in [-0.3, -0.25) is 0 Å². The minimum Gasteiger partial charge on any atom is -0.507 e. The number of hydrogen-bond acceptors (Lipinski definition) is 3. The first-order valence-electron chi connectivity index (χ1n) is 6.59. The third kappa shape index (κ3) is 2.99. The minimum atomic E-state index is -0.549. The van der Waals surface area contributed by atoms with Crippen molar-refractivity contribution in [3.8, 4) is 11.5 Å². The molecule has 0 atom stereocenters. The molecule has 104 valence electrons. The van der Waals surface area contributed by atoms with Gasteiger partial charge in [0.25, 0.3) is 0 Å². The summed E-state index contributed by atoms with van der Waals surface area (Å²) in [6.07, 6.45) is 0. The van der Waals surface area contributed by atoms with Crippen molar-refractivity contribution in [3.05, 3.63) is 59.2 Å². The summed E-state index contributed by atoms with van der Waals surface area (Å²) < 4.78 is 5.40. The topological polar surface area (TPSA) is 46.5 Å². The highest BCUT2D eigenvalue weighted by Crippen LogP contribution is 2.26. The highest BCUT2D eigenvalue weighted by atomic mass is 16.5. The number of carbonyl (C=O) groups is 1. The molecule has 0 aromatic heterocycles. The van der Waals surface area contributed by atoms with Gasteiger partial charge in [0.05, 0.1) is 0 Å². The van der Waals surface area contributed by atoms with Gasteiger partial charge in [-0.05, 0) is 42.2 Å². The smallest absolute Gasteiger partial charge is 0.347 e. The SMILES string of the molecule is Cc1ccc(C(C)C)cc1OC(=O)c1ccccc1O. The third-order valence-corrected chi connectivity index (χ3v) is 3.21. The van der Waals surface area contributed by atoms with Crippen molar-refractivity contribution in [2.24, 2.45) is 0 Å². The van der Waals surface area contributed by atoms with Crippen LogP contribution in [0.15, 0.2) is 42.5 Å². The van der Waals surface area contributed by atoms with Crippen LogP contribution in [0.4, 0.5) is 0 Å². The number of hydrogen-bond donors (Lipinski definition) is 1. The van der Waals surface area contributed by atoms with E-state index in [9.17, 15) is 9.90 Å². The molecule has 0 aliphatic heterocycles. The molecule has 0 aliphatic rings. The molecule has 0 bridgehead atoms. The lowest BCUT2D eigenvalue weighted by Crippen LogP contribution is -2.09. The van der Waals surface area contributed by atoms with Crippen molar-refractivity contribution >= 4 is 5.97 Å². The van der Waals surface area contributed by atoms with Crippen molar-refractivity contribution in [2.75, 3.05) is 0 Å². The molecule has 2 aromatic carbocycles. The summed E-state index contributed by atoms with van der Waals surface area (Å²) in [5.41, 5.74) is 2.16. The summed E-state index contributed by atoms with van der Waals surface area (Å²) in [6.45, 7) is 6.05. The molecule has 0 unspecified atom stereocenters. The second-order valence-electron chi connectivity index (χ2n) is 5.09. The lowest BCUT2D eigenvalue weighted by molar-refractivity contribution is 0.0730. The predicted molar refractivity (Wildman–Crippen MR) is 78.3 cm³/mol. The number of phenolic OH excluding ortho intramolecular Hbond substituents is 1. The minimum absolute atomic E-state index is 0.0739. The monoisotopic (exact) mass is 270 g/mol. The molecular weight excluding hydrogens is 252 g/mol. The molecule has 0 radical (unpaired) electrons. The van der Waals surface area contributed by atoms with Gasteiger partial charge in [0, 0.05) is 0 Å². The number of para-hydroxylation sites is 1. The molecule has 0 saturated heterocycles. The number of aryl methyl sites for hydroxylation is 1. The maximum atomic E-state index is 12.1. The zero-order chi connectivity index (χ0) is 14.7. The summed E-state index contributed by atoms with van der Waals surface area (Å²) in [6, 6.07) is 12.2. The third-order valence-electron chi connectivity index (χ3n) is 3.21. The van der Waals surface area contributed by atoms with E-state index in [1.165, 1.54) is 6.07 Å². The molecule has 3 nitrogen and oxygen atoms in total. The van der Waals surface area contributed by atoms with Crippen LogP contribution in [0.3, 0.4) is 0 Å². The molecule has 0 heterocycles. The van der Waals surface area contributed by atoms with E-state index in [4.69, 9.17) is 4.74 Å². The summed E-state index contributed by atoms with van der Waals surface area (Å²) in [5.74, 6) is 0.268. The van der Waals surface area contributed by atoms with Gasteiger partial charge in [-0.1, -0.05) is 38.1 Å². The predicted octanol–water partition coefficient (Wildman–Crippen LogP) is 4.04. The van der Waals surface area contributed by atoms with Crippen LogP contribution in [0.25, 0.3) is 0 Å². The summed E-state index contributed by atoms with van der Waals surface area (Å²) in [5, 5.41) is 9.67. The highest BCUT2D eigenvalue weighted by Gasteiger charge is 2.14. The van der Waals surface area contributed by atoms with Crippen LogP contribution in [0, 0.1) is 6.92 Å². The number of aromatic hydroxyl groups is 1. The molecule has 0 aliphatic carbocycles. The van der Waals surface area contributed by atoms with Crippen LogP contribution >= 0.6 is 0 Å². The Morgan fingerprint density at radius 2 is 1.85 bits per heavy atom. The van der Waals surface area contributed by atoms with Crippen molar-refractivity contribution in [2.45, 2.75) is 26.7 Å². The van der Waals surface area contributed by atoms with Crippen molar-refractivity contribution in [3.63, 3.8) is 0 Å². The molecule has 0 spiro atoms. The Bertz CT molecular complexity index is 630. The summed E-state index contributed by atoms with van der Waals surface area (Å²) in [4.78, 5) is 12.1. The second-order valence-corrected chi connectivity index (χ2v) is 5.09. The first-order chi connectivity index (χ1) is 9.49. The average Bonchev–Trinajstić information content (AvgIpc) is 2.41. The van der Waals surface area contributed by atoms with Crippen molar-refractivity contribution in [1.82, 2.24) is 0 Å². The molecule has 0 fully saturated rings. The number of rotatable bonds is 3. The van der Waals surface area contributed by atoms with Gasteiger partial charge >= 0.3 is 5.97 Å². The van der Waals surface area contributed by atoms with E-state index in [0.29, 0.717) is 11.7 Å². The zero-order valence-corrected chi connectivity index (χ0v) is 11.9. The average molecular weight is 270 g/mol. The first-order valence-corrected chi connectivity index (χ1v) is 6.59. The summed E-state index contributed by atoms with van der Waals surface area (Å²) in [7, 11) is 0.